The van der Waals surface area contributed by atoms with Crippen molar-refractivity contribution >= 4 is 10.0 Å². The maximum Gasteiger partial charge on any atom is 0.240 e. The third kappa shape index (κ3) is 3.35. The summed E-state index contributed by atoms with van der Waals surface area (Å²) in [5.74, 6) is 0.419. The van der Waals surface area contributed by atoms with Crippen molar-refractivity contribution in [2.24, 2.45) is 11.3 Å². The van der Waals surface area contributed by atoms with Crippen LogP contribution in [0.15, 0.2) is 29.2 Å². The van der Waals surface area contributed by atoms with Crippen molar-refractivity contribution in [3.05, 3.63) is 29.8 Å². The van der Waals surface area contributed by atoms with Gasteiger partial charge in [-0.05, 0) is 42.4 Å². The molecule has 1 aliphatic rings. The van der Waals surface area contributed by atoms with Crippen LogP contribution in [0, 0.1) is 11.3 Å². The number of benzene rings is 1. The van der Waals surface area contributed by atoms with Gasteiger partial charge in [-0.15, -0.1) is 0 Å². The molecule has 0 radical (unpaired) electrons. The number of nitrogens with one attached hydrogen (secondary N) is 1. The Hall–Kier alpha value is -0.910. The van der Waals surface area contributed by atoms with Crippen LogP contribution >= 0.6 is 0 Å². The van der Waals surface area contributed by atoms with Crippen molar-refractivity contribution in [3.8, 4) is 0 Å². The van der Waals surface area contributed by atoms with Crippen molar-refractivity contribution in [2.75, 3.05) is 6.54 Å². The monoisotopic (exact) mass is 283 g/mol. The van der Waals surface area contributed by atoms with Gasteiger partial charge in [0.25, 0.3) is 0 Å². The average Bonchev–Trinajstić information content (AvgIpc) is 2.95. The summed E-state index contributed by atoms with van der Waals surface area (Å²) in [6, 6.07) is 6.43. The summed E-state index contributed by atoms with van der Waals surface area (Å²) in [4.78, 5) is 0.212. The molecule has 2 atom stereocenters. The Morgan fingerprint density at radius 1 is 1.47 bits per heavy atom. The topological polar surface area (TPSA) is 66.4 Å². The molecule has 2 N–H and O–H groups in total. The van der Waals surface area contributed by atoms with E-state index in [1.54, 1.807) is 25.1 Å². The van der Waals surface area contributed by atoms with Crippen LogP contribution in [0.5, 0.6) is 0 Å². The molecule has 5 heteroatoms. The molecular weight excluding hydrogens is 262 g/mol. The van der Waals surface area contributed by atoms with Crippen molar-refractivity contribution in [1.29, 1.82) is 0 Å². The molecule has 0 bridgehead atoms. The molecule has 0 aromatic heterocycles. The van der Waals surface area contributed by atoms with Crippen molar-refractivity contribution in [2.45, 2.75) is 38.2 Å². The Morgan fingerprint density at radius 3 is 2.63 bits per heavy atom. The standard InChI is InChI=1S/C14H21NO3S/c1-10(16)11-5-4-6-13(7-11)19(17,18)15-9-12-8-14(12,2)3/h4-7,10,12,15-16H,8-9H2,1-3H3. The van der Waals surface area contributed by atoms with Gasteiger partial charge in [-0.2, -0.15) is 0 Å². The highest BCUT2D eigenvalue weighted by Crippen LogP contribution is 2.51. The molecule has 1 fully saturated rings. The minimum absolute atomic E-state index is 0.212. The van der Waals surface area contributed by atoms with E-state index in [1.807, 2.05) is 0 Å². The molecule has 0 aliphatic heterocycles. The van der Waals surface area contributed by atoms with E-state index in [-0.39, 0.29) is 10.3 Å². The zero-order valence-corrected chi connectivity index (χ0v) is 12.4. The van der Waals surface area contributed by atoms with Gasteiger partial charge < -0.3 is 5.11 Å². The summed E-state index contributed by atoms with van der Waals surface area (Å²) in [7, 11) is -3.48. The summed E-state index contributed by atoms with van der Waals surface area (Å²) in [6.45, 7) is 6.38. The molecule has 1 aromatic rings. The van der Waals surface area contributed by atoms with Gasteiger partial charge in [-0.25, -0.2) is 13.1 Å². The zero-order chi connectivity index (χ0) is 14.3. The van der Waals surface area contributed by atoms with Gasteiger partial charge in [0.05, 0.1) is 11.0 Å². The Kier molecular flexibility index (Phi) is 3.73. The van der Waals surface area contributed by atoms with Crippen LogP contribution in [0.4, 0.5) is 0 Å². The molecule has 0 saturated heterocycles. The van der Waals surface area contributed by atoms with Crippen molar-refractivity contribution in [1.82, 2.24) is 4.72 Å². The fraction of sp³-hybridized carbons (Fsp3) is 0.571. The first-order valence-corrected chi connectivity index (χ1v) is 7.98. The van der Waals surface area contributed by atoms with Crippen molar-refractivity contribution < 1.29 is 13.5 Å². The fourth-order valence-electron chi connectivity index (χ4n) is 2.16. The second-order valence-corrected chi connectivity index (χ2v) is 7.76. The predicted octanol–water partition coefficient (Wildman–Crippen LogP) is 2.06. The highest BCUT2D eigenvalue weighted by Gasteiger charge is 2.45. The quantitative estimate of drug-likeness (QED) is 0.869. The smallest absolute Gasteiger partial charge is 0.240 e. The van der Waals surface area contributed by atoms with Crippen LogP contribution in [0.1, 0.15) is 38.9 Å². The first-order valence-electron chi connectivity index (χ1n) is 6.50. The van der Waals surface area contributed by atoms with Crippen LogP contribution in [0.3, 0.4) is 0 Å². The molecule has 106 valence electrons. The third-order valence-electron chi connectivity index (χ3n) is 3.89. The van der Waals surface area contributed by atoms with Gasteiger partial charge in [0.15, 0.2) is 0 Å². The van der Waals surface area contributed by atoms with E-state index in [9.17, 15) is 13.5 Å². The van der Waals surface area contributed by atoms with Gasteiger partial charge in [0.1, 0.15) is 0 Å². The number of hydrogen-bond acceptors (Lipinski definition) is 3. The number of aliphatic hydroxyl groups excluding tert-OH is 1. The summed E-state index contributed by atoms with van der Waals surface area (Å²) >= 11 is 0. The van der Waals surface area contributed by atoms with Gasteiger partial charge in [0, 0.05) is 6.54 Å². The second kappa shape index (κ2) is 4.89. The SMILES string of the molecule is CC(O)c1cccc(S(=O)(=O)NCC2CC2(C)C)c1. The molecule has 2 unspecified atom stereocenters. The molecule has 2 rings (SSSR count). The number of rotatable bonds is 5. The van der Waals surface area contributed by atoms with E-state index in [1.165, 1.54) is 6.07 Å². The van der Waals surface area contributed by atoms with Crippen LogP contribution in [-0.2, 0) is 10.0 Å². The lowest BCUT2D eigenvalue weighted by atomic mass is 10.1. The predicted molar refractivity (Wildman–Crippen MR) is 74.2 cm³/mol. The van der Waals surface area contributed by atoms with E-state index in [0.717, 1.165) is 6.42 Å². The Balaban J connectivity index is 2.09. The average molecular weight is 283 g/mol. The molecule has 1 aromatic carbocycles. The van der Waals surface area contributed by atoms with Crippen LogP contribution in [0.25, 0.3) is 0 Å². The van der Waals surface area contributed by atoms with Crippen molar-refractivity contribution in [3.63, 3.8) is 0 Å². The Labute approximate surface area is 114 Å². The normalized spacial score (nSPS) is 23.1. The number of aliphatic hydroxyl groups is 1. The first-order chi connectivity index (χ1) is 8.72. The summed E-state index contributed by atoms with van der Waals surface area (Å²) in [6.07, 6.45) is 0.390. The molecule has 19 heavy (non-hydrogen) atoms. The lowest BCUT2D eigenvalue weighted by Crippen LogP contribution is -2.27. The molecule has 4 nitrogen and oxygen atoms in total. The highest BCUT2D eigenvalue weighted by atomic mass is 32.2. The van der Waals surface area contributed by atoms with Crippen LogP contribution < -0.4 is 4.72 Å². The highest BCUT2D eigenvalue weighted by molar-refractivity contribution is 7.89. The second-order valence-electron chi connectivity index (χ2n) is 5.99. The van der Waals surface area contributed by atoms with Crippen LogP contribution in [0.2, 0.25) is 0 Å². The van der Waals surface area contributed by atoms with Gasteiger partial charge >= 0.3 is 0 Å². The maximum atomic E-state index is 12.2. The minimum atomic E-state index is -3.48. The van der Waals surface area contributed by atoms with E-state index < -0.39 is 16.1 Å². The molecule has 0 amide bonds. The Morgan fingerprint density at radius 2 is 2.11 bits per heavy atom. The maximum absolute atomic E-state index is 12.2. The Bertz CT molecular complexity index is 564. The molecule has 0 heterocycles. The van der Waals surface area contributed by atoms with E-state index in [2.05, 4.69) is 18.6 Å². The van der Waals surface area contributed by atoms with E-state index >= 15 is 0 Å². The van der Waals surface area contributed by atoms with Gasteiger partial charge in [-0.3, -0.25) is 0 Å². The van der Waals surface area contributed by atoms with Crippen LogP contribution in [-0.4, -0.2) is 20.1 Å². The summed E-state index contributed by atoms with van der Waals surface area (Å²) in [5, 5.41) is 9.50. The first kappa shape index (κ1) is 14.5. The number of hydrogen-bond donors (Lipinski definition) is 2. The molecule has 1 saturated carbocycles. The van der Waals surface area contributed by atoms with Gasteiger partial charge in [-0.1, -0.05) is 26.0 Å². The van der Waals surface area contributed by atoms with E-state index in [4.69, 9.17) is 0 Å². The minimum Gasteiger partial charge on any atom is -0.389 e. The van der Waals surface area contributed by atoms with Gasteiger partial charge in [0.2, 0.25) is 10.0 Å². The molecule has 0 spiro atoms. The zero-order valence-electron chi connectivity index (χ0n) is 11.6. The fourth-order valence-corrected chi connectivity index (χ4v) is 3.30. The lowest BCUT2D eigenvalue weighted by molar-refractivity contribution is 0.199. The molecular formula is C14H21NO3S. The third-order valence-corrected chi connectivity index (χ3v) is 5.31. The largest absolute Gasteiger partial charge is 0.389 e. The summed E-state index contributed by atoms with van der Waals surface area (Å²) in [5.41, 5.74) is 0.860. The number of sulfonamides is 1. The lowest BCUT2D eigenvalue weighted by Gasteiger charge is -2.10. The van der Waals surface area contributed by atoms with E-state index in [0.29, 0.717) is 18.0 Å². The molecule has 1 aliphatic carbocycles. The summed E-state index contributed by atoms with van der Waals surface area (Å²) < 4.78 is 27.0.